The van der Waals surface area contributed by atoms with Gasteiger partial charge in [-0.1, -0.05) is 238 Å². The SMILES string of the molecule is CC(C)C1CC2(C1)CN(C)C2.CC(C)C1CCS(=O)(=O)CC1.CC1CC2(C1)CC(C(C)C)C2.Cc1ccc(C)c(CC(C)C)c1.Cc1ccc(CC(C)C)c(C)c1.Cc1ccc(CC(C)C)cc1C.Cc1cccc(CC(C)C)c1.Cc1ccccc1CC(C)C. The van der Waals surface area contributed by atoms with Crippen LogP contribution >= 0.6 is 0 Å². The van der Waals surface area contributed by atoms with Gasteiger partial charge in [0.2, 0.25) is 0 Å². The molecule has 5 aromatic rings. The summed E-state index contributed by atoms with van der Waals surface area (Å²) >= 11 is 0. The lowest BCUT2D eigenvalue weighted by Gasteiger charge is -2.59. The highest BCUT2D eigenvalue weighted by molar-refractivity contribution is 7.91. The first-order valence-electron chi connectivity index (χ1n) is 36.6. The van der Waals surface area contributed by atoms with Gasteiger partial charge in [0.15, 0.2) is 0 Å². The van der Waals surface area contributed by atoms with Crippen LogP contribution in [0.1, 0.15) is 241 Å². The fraction of sp³-hybridized carbons (Fsp3) is 0.655. The maximum absolute atomic E-state index is 11.0. The Balaban J connectivity index is 0.000000272. The van der Waals surface area contributed by atoms with E-state index >= 15 is 0 Å². The van der Waals surface area contributed by atoms with Crippen LogP contribution in [-0.2, 0) is 41.9 Å². The molecule has 2 spiro atoms. The molecule has 10 rings (SSSR count). The van der Waals surface area contributed by atoms with E-state index < -0.39 is 9.84 Å². The van der Waals surface area contributed by atoms with Crippen molar-refractivity contribution in [2.24, 2.45) is 81.8 Å². The summed E-state index contributed by atoms with van der Waals surface area (Å²) in [5.41, 5.74) is 20.3. The van der Waals surface area contributed by atoms with E-state index in [0.29, 0.717) is 23.3 Å². The third-order valence-electron chi connectivity index (χ3n) is 20.1. The van der Waals surface area contributed by atoms with Gasteiger partial charge in [-0.2, -0.15) is 0 Å². The standard InChI is InChI=1S/3C12H18.C11H20.2C11H16.C10H19N.C8H16O2S/c1-9(2)7-12-6-5-10(3)11(4)8-12;1-9(2)7-12-6-5-10(3)8-11(12)4;1-9(2)7-12-8-10(3)5-6-11(12)4;1-8(2)10-6-11(7-10)4-9(3)5-11;1-9(2)7-11-6-4-5-10(3)8-11;1-9(2)8-11-7-5-4-6-10(11)3;1-8(2)9-4-10(5-9)6-11(3)7-10;1-7(2)8-3-5-11(9,10)6-4-8/h3*5-6,8-9H,7H2,1-4H3;8-10H,4-7H2,1-3H3;4-6,8-9H,7H2,1-3H3;4-7,9H,8H2,1-3H3;8-9H,4-7H2,1-3H3;7-8H,3-6H2,1-2H3. The van der Waals surface area contributed by atoms with Crippen molar-refractivity contribution < 1.29 is 8.42 Å². The monoisotopic (exact) mass is 1260 g/mol. The summed E-state index contributed by atoms with van der Waals surface area (Å²) < 4.78 is 22.0. The van der Waals surface area contributed by atoms with Gasteiger partial charge in [0, 0.05) is 13.1 Å². The Hall–Kier alpha value is -3.99. The maximum Gasteiger partial charge on any atom is 0.150 e. The smallest absolute Gasteiger partial charge is 0.150 e. The van der Waals surface area contributed by atoms with Crippen LogP contribution in [0.25, 0.3) is 0 Å². The minimum atomic E-state index is -2.65. The van der Waals surface area contributed by atoms with Crippen molar-refractivity contribution in [3.8, 4) is 0 Å². The summed E-state index contributed by atoms with van der Waals surface area (Å²) in [4.78, 5) is 2.44. The second-order valence-corrected chi connectivity index (χ2v) is 35.7. The van der Waals surface area contributed by atoms with Crippen molar-refractivity contribution in [1.82, 2.24) is 4.90 Å². The molecule has 3 nitrogen and oxygen atoms in total. The number of benzene rings is 5. The fourth-order valence-electron chi connectivity index (χ4n) is 14.7. The largest absolute Gasteiger partial charge is 0.305 e. The van der Waals surface area contributed by atoms with Crippen LogP contribution in [0.2, 0.25) is 0 Å². The van der Waals surface area contributed by atoms with Gasteiger partial charge in [0.1, 0.15) is 9.84 Å². The summed E-state index contributed by atoms with van der Waals surface area (Å²) in [5, 5.41) is 0. The zero-order valence-electron chi connectivity index (χ0n) is 63.9. The van der Waals surface area contributed by atoms with Crippen LogP contribution < -0.4 is 0 Å². The number of likely N-dealkylation sites (tertiary alicyclic amines) is 1. The van der Waals surface area contributed by atoms with Crippen LogP contribution in [0, 0.1) is 137 Å². The molecule has 3 saturated carbocycles. The molecule has 91 heavy (non-hydrogen) atoms. The van der Waals surface area contributed by atoms with Crippen LogP contribution in [0.4, 0.5) is 0 Å². The number of nitrogens with zero attached hydrogens (tertiary/aromatic N) is 1. The van der Waals surface area contributed by atoms with Gasteiger partial charge >= 0.3 is 0 Å². The van der Waals surface area contributed by atoms with E-state index in [1.54, 1.807) is 12.8 Å². The summed E-state index contributed by atoms with van der Waals surface area (Å²) in [5.74, 6) is 10.9. The number of hydrogen-bond donors (Lipinski definition) is 0. The highest BCUT2D eigenvalue weighted by atomic mass is 32.2. The van der Waals surface area contributed by atoms with Crippen molar-refractivity contribution in [2.75, 3.05) is 31.6 Å². The van der Waals surface area contributed by atoms with Crippen molar-refractivity contribution in [3.63, 3.8) is 0 Å². The first kappa shape index (κ1) is 81.2. The van der Waals surface area contributed by atoms with Crippen molar-refractivity contribution in [3.05, 3.63) is 175 Å². The van der Waals surface area contributed by atoms with E-state index in [2.05, 4.69) is 288 Å². The third kappa shape index (κ3) is 31.0. The molecule has 512 valence electrons. The first-order valence-corrected chi connectivity index (χ1v) is 38.4. The Bertz CT molecular complexity index is 2890. The predicted molar refractivity (Wildman–Crippen MR) is 405 cm³/mol. The van der Waals surface area contributed by atoms with Gasteiger partial charge in [-0.25, -0.2) is 8.42 Å². The van der Waals surface area contributed by atoms with E-state index in [9.17, 15) is 8.42 Å². The Labute approximate surface area is 565 Å². The average Bonchev–Trinajstić information content (AvgIpc) is 0.755. The summed E-state index contributed by atoms with van der Waals surface area (Å²) in [7, 11) is -0.419. The second kappa shape index (κ2) is 39.1. The first-order chi connectivity index (χ1) is 42.4. The average molecular weight is 1270 g/mol. The van der Waals surface area contributed by atoms with E-state index in [1.165, 1.54) is 143 Å². The molecule has 2 heterocycles. The van der Waals surface area contributed by atoms with Crippen LogP contribution in [0.15, 0.2) is 103 Å². The minimum absolute atomic E-state index is 0.413. The molecular weight excluding hydrogens is 1120 g/mol. The van der Waals surface area contributed by atoms with Gasteiger partial charge < -0.3 is 4.90 Å². The van der Waals surface area contributed by atoms with Crippen molar-refractivity contribution in [1.29, 1.82) is 0 Å². The molecule has 0 amide bonds. The molecule has 0 unspecified atom stereocenters. The fourth-order valence-corrected chi connectivity index (χ4v) is 16.2. The van der Waals surface area contributed by atoms with Gasteiger partial charge in [-0.15, -0.1) is 0 Å². The minimum Gasteiger partial charge on any atom is -0.305 e. The Kier molecular flexibility index (Phi) is 34.9. The van der Waals surface area contributed by atoms with E-state index in [-0.39, 0.29) is 0 Å². The quantitative estimate of drug-likeness (QED) is 0.118. The molecule has 3 aliphatic carbocycles. The van der Waals surface area contributed by atoms with E-state index in [0.717, 1.165) is 82.9 Å². The Morgan fingerprint density at radius 2 is 0.802 bits per heavy atom. The van der Waals surface area contributed by atoms with Crippen molar-refractivity contribution >= 4 is 9.84 Å². The molecular formula is C87H141NO2S. The molecule has 2 aliphatic heterocycles. The molecule has 4 heteroatoms. The zero-order valence-corrected chi connectivity index (χ0v) is 64.8. The molecule has 0 N–H and O–H groups in total. The molecule has 5 aliphatic rings. The number of rotatable bonds is 13. The molecule has 0 atom stereocenters. The van der Waals surface area contributed by atoms with Gasteiger partial charge in [-0.3, -0.25) is 0 Å². The predicted octanol–water partition coefficient (Wildman–Crippen LogP) is 23.8. The summed E-state index contributed by atoms with van der Waals surface area (Å²) in [6.07, 6.45) is 16.9. The molecule has 0 bridgehead atoms. The normalized spacial score (nSPS) is 19.5. The highest BCUT2D eigenvalue weighted by Crippen LogP contribution is 2.62. The maximum atomic E-state index is 11.0. The lowest BCUT2D eigenvalue weighted by Crippen LogP contribution is -2.61. The molecule has 2 saturated heterocycles. The van der Waals surface area contributed by atoms with Gasteiger partial charge in [0.25, 0.3) is 0 Å². The highest BCUT2D eigenvalue weighted by Gasteiger charge is 2.52. The topological polar surface area (TPSA) is 37.4 Å². The zero-order chi connectivity index (χ0) is 68.6. The lowest BCUT2D eigenvalue weighted by atomic mass is 9.47. The molecule has 0 aromatic heterocycles. The number of sulfone groups is 1. The van der Waals surface area contributed by atoms with Crippen LogP contribution in [0.3, 0.4) is 0 Å². The van der Waals surface area contributed by atoms with E-state index in [4.69, 9.17) is 0 Å². The Morgan fingerprint density at radius 1 is 0.385 bits per heavy atom. The van der Waals surface area contributed by atoms with Gasteiger partial charge in [-0.05, 0) is 283 Å². The summed E-state index contributed by atoms with van der Waals surface area (Å²) in [6, 6.07) is 37.5. The number of hydrogen-bond acceptors (Lipinski definition) is 3. The third-order valence-corrected chi connectivity index (χ3v) is 21.8. The molecule has 5 aromatic carbocycles. The van der Waals surface area contributed by atoms with Crippen LogP contribution in [0.5, 0.6) is 0 Å². The van der Waals surface area contributed by atoms with Gasteiger partial charge in [0.05, 0.1) is 11.5 Å². The van der Waals surface area contributed by atoms with E-state index in [1.807, 2.05) is 0 Å². The molecule has 0 radical (unpaired) electrons. The molecule has 5 fully saturated rings. The Morgan fingerprint density at radius 3 is 1.24 bits per heavy atom. The summed E-state index contributed by atoms with van der Waals surface area (Å²) in [6.45, 7) is 58.9. The van der Waals surface area contributed by atoms with Crippen molar-refractivity contribution in [2.45, 2.75) is 257 Å². The van der Waals surface area contributed by atoms with Crippen LogP contribution in [-0.4, -0.2) is 45.0 Å². The lowest BCUT2D eigenvalue weighted by molar-refractivity contribution is -0.0940. The number of aryl methyl sites for hydroxylation is 8. The second-order valence-electron chi connectivity index (χ2n) is 33.4.